The minimum Gasteiger partial charge on any atom is -0.398 e. The third-order valence-electron chi connectivity index (χ3n) is 3.09. The summed E-state index contributed by atoms with van der Waals surface area (Å²) in [5, 5.41) is 0. The van der Waals surface area contributed by atoms with Crippen molar-refractivity contribution in [1.82, 2.24) is 0 Å². The summed E-state index contributed by atoms with van der Waals surface area (Å²) in [6.45, 7) is 1.86. The van der Waals surface area contributed by atoms with E-state index in [1.54, 1.807) is 24.1 Å². The van der Waals surface area contributed by atoms with E-state index < -0.39 is 0 Å². The van der Waals surface area contributed by atoms with Crippen molar-refractivity contribution in [2.45, 2.75) is 6.92 Å². The zero-order chi connectivity index (χ0) is 14.0. The van der Waals surface area contributed by atoms with E-state index in [4.69, 9.17) is 5.73 Å². The van der Waals surface area contributed by atoms with Gasteiger partial charge in [-0.15, -0.1) is 0 Å². The fourth-order valence-electron chi connectivity index (χ4n) is 1.87. The van der Waals surface area contributed by atoms with Gasteiger partial charge < -0.3 is 10.6 Å². The molecule has 0 aliphatic carbocycles. The predicted octanol–water partition coefficient (Wildman–Crippen LogP) is 3.62. The standard InChI is InChI=1S/C15H15BrN2O/c1-10-13(8-11(16)9-14(10)17)15(19)18(2)12-6-4-3-5-7-12/h3-9H,17H2,1-2H3. The Balaban J connectivity index is 2.40. The third-order valence-corrected chi connectivity index (χ3v) is 3.55. The van der Waals surface area contributed by atoms with Gasteiger partial charge in [-0.2, -0.15) is 0 Å². The maximum Gasteiger partial charge on any atom is 0.258 e. The summed E-state index contributed by atoms with van der Waals surface area (Å²) >= 11 is 3.37. The van der Waals surface area contributed by atoms with Gasteiger partial charge in [0.1, 0.15) is 0 Å². The van der Waals surface area contributed by atoms with Gasteiger partial charge in [-0.25, -0.2) is 0 Å². The van der Waals surface area contributed by atoms with E-state index >= 15 is 0 Å². The average Bonchev–Trinajstić information content (AvgIpc) is 2.42. The Morgan fingerprint density at radius 3 is 2.47 bits per heavy atom. The van der Waals surface area contributed by atoms with Crippen LogP contribution >= 0.6 is 15.9 Å². The van der Waals surface area contributed by atoms with Gasteiger partial charge in [0, 0.05) is 28.5 Å². The number of nitrogen functional groups attached to an aromatic ring is 1. The first-order chi connectivity index (χ1) is 9.00. The monoisotopic (exact) mass is 318 g/mol. The largest absolute Gasteiger partial charge is 0.398 e. The van der Waals surface area contributed by atoms with Gasteiger partial charge >= 0.3 is 0 Å². The molecule has 0 spiro atoms. The van der Waals surface area contributed by atoms with Crippen LogP contribution in [0.1, 0.15) is 15.9 Å². The average molecular weight is 319 g/mol. The maximum atomic E-state index is 12.5. The maximum absolute atomic E-state index is 12.5. The number of amides is 1. The fraction of sp³-hybridized carbons (Fsp3) is 0.133. The van der Waals surface area contributed by atoms with Gasteiger partial charge in [-0.1, -0.05) is 34.1 Å². The molecule has 0 aromatic heterocycles. The highest BCUT2D eigenvalue weighted by Gasteiger charge is 2.17. The van der Waals surface area contributed by atoms with E-state index in [1.165, 1.54) is 0 Å². The fourth-order valence-corrected chi connectivity index (χ4v) is 2.35. The number of rotatable bonds is 2. The molecule has 0 aliphatic rings. The topological polar surface area (TPSA) is 46.3 Å². The lowest BCUT2D eigenvalue weighted by atomic mass is 10.1. The van der Waals surface area contributed by atoms with Crippen LogP contribution in [0.2, 0.25) is 0 Å². The Morgan fingerprint density at radius 1 is 1.21 bits per heavy atom. The molecule has 0 saturated heterocycles. The summed E-state index contributed by atoms with van der Waals surface area (Å²) < 4.78 is 0.806. The number of carbonyl (C=O) groups is 1. The van der Waals surface area contributed by atoms with Gasteiger partial charge in [0.05, 0.1) is 0 Å². The van der Waals surface area contributed by atoms with Gasteiger partial charge in [0.2, 0.25) is 0 Å². The number of nitrogens with zero attached hydrogens (tertiary/aromatic N) is 1. The second kappa shape index (κ2) is 5.45. The first-order valence-electron chi connectivity index (χ1n) is 5.89. The summed E-state index contributed by atoms with van der Waals surface area (Å²) in [7, 11) is 1.76. The number of benzene rings is 2. The number of anilines is 2. The van der Waals surface area contributed by atoms with E-state index in [-0.39, 0.29) is 5.91 Å². The Bertz CT molecular complexity index is 611. The molecule has 98 valence electrons. The van der Waals surface area contributed by atoms with E-state index in [0.717, 1.165) is 15.7 Å². The highest BCUT2D eigenvalue weighted by molar-refractivity contribution is 9.10. The van der Waals surface area contributed by atoms with Crippen molar-refractivity contribution in [2.75, 3.05) is 17.7 Å². The molecule has 3 nitrogen and oxygen atoms in total. The molecule has 0 unspecified atom stereocenters. The Morgan fingerprint density at radius 2 is 1.84 bits per heavy atom. The van der Waals surface area contributed by atoms with Crippen molar-refractivity contribution in [3.8, 4) is 0 Å². The molecule has 2 N–H and O–H groups in total. The molecule has 4 heteroatoms. The minimum atomic E-state index is -0.0725. The summed E-state index contributed by atoms with van der Waals surface area (Å²) in [5.41, 5.74) is 8.77. The van der Waals surface area contributed by atoms with E-state index in [0.29, 0.717) is 11.3 Å². The van der Waals surface area contributed by atoms with Crippen LogP contribution in [0.4, 0.5) is 11.4 Å². The molecule has 1 amide bonds. The zero-order valence-corrected chi connectivity index (χ0v) is 12.4. The van der Waals surface area contributed by atoms with Crippen LogP contribution in [0.15, 0.2) is 46.9 Å². The van der Waals surface area contributed by atoms with Gasteiger partial charge in [0.25, 0.3) is 5.91 Å². The van der Waals surface area contributed by atoms with Crippen molar-refractivity contribution in [3.05, 3.63) is 58.1 Å². The second-order valence-corrected chi connectivity index (χ2v) is 5.28. The van der Waals surface area contributed by atoms with Crippen LogP contribution in [0, 0.1) is 6.92 Å². The summed E-state index contributed by atoms with van der Waals surface area (Å²) in [6.07, 6.45) is 0. The molecule has 0 heterocycles. The quantitative estimate of drug-likeness (QED) is 0.860. The minimum absolute atomic E-state index is 0.0725. The van der Waals surface area contributed by atoms with Gasteiger partial charge in [-0.05, 0) is 36.8 Å². The molecule has 0 radical (unpaired) electrons. The van der Waals surface area contributed by atoms with Crippen LogP contribution in [0.3, 0.4) is 0 Å². The van der Waals surface area contributed by atoms with Crippen LogP contribution in [0.25, 0.3) is 0 Å². The van der Waals surface area contributed by atoms with Crippen molar-refractivity contribution in [2.24, 2.45) is 0 Å². The van der Waals surface area contributed by atoms with Gasteiger partial charge in [-0.3, -0.25) is 4.79 Å². The Kier molecular flexibility index (Phi) is 3.90. The highest BCUT2D eigenvalue weighted by atomic mass is 79.9. The molecule has 0 fully saturated rings. The Hall–Kier alpha value is -1.81. The van der Waals surface area contributed by atoms with Gasteiger partial charge in [0.15, 0.2) is 0 Å². The molecule has 0 bridgehead atoms. The lowest BCUT2D eigenvalue weighted by Crippen LogP contribution is -2.27. The summed E-state index contributed by atoms with van der Waals surface area (Å²) in [5.74, 6) is -0.0725. The molecule has 2 rings (SSSR count). The first-order valence-corrected chi connectivity index (χ1v) is 6.68. The molecule has 0 atom stereocenters. The van der Waals surface area contributed by atoms with Crippen molar-refractivity contribution < 1.29 is 4.79 Å². The van der Waals surface area contributed by atoms with Crippen molar-refractivity contribution in [1.29, 1.82) is 0 Å². The van der Waals surface area contributed by atoms with E-state index in [2.05, 4.69) is 15.9 Å². The third kappa shape index (κ3) is 2.79. The number of hydrogen-bond donors (Lipinski definition) is 1. The van der Waals surface area contributed by atoms with Crippen molar-refractivity contribution in [3.63, 3.8) is 0 Å². The molecule has 2 aromatic carbocycles. The highest BCUT2D eigenvalue weighted by Crippen LogP contribution is 2.25. The van der Waals surface area contributed by atoms with Crippen LogP contribution in [0.5, 0.6) is 0 Å². The lowest BCUT2D eigenvalue weighted by molar-refractivity contribution is 0.0992. The molecular weight excluding hydrogens is 304 g/mol. The second-order valence-electron chi connectivity index (χ2n) is 4.37. The number of hydrogen-bond acceptors (Lipinski definition) is 2. The number of nitrogens with two attached hydrogens (primary N) is 1. The summed E-state index contributed by atoms with van der Waals surface area (Å²) in [6, 6.07) is 13.1. The zero-order valence-electron chi connectivity index (χ0n) is 10.9. The summed E-state index contributed by atoms with van der Waals surface area (Å²) in [4.78, 5) is 14.1. The van der Waals surface area contributed by atoms with Crippen LogP contribution in [-0.4, -0.2) is 13.0 Å². The number of halogens is 1. The molecule has 19 heavy (non-hydrogen) atoms. The lowest BCUT2D eigenvalue weighted by Gasteiger charge is -2.19. The molecular formula is C15H15BrN2O. The normalized spacial score (nSPS) is 10.3. The SMILES string of the molecule is Cc1c(N)cc(Br)cc1C(=O)N(C)c1ccccc1. The van der Waals surface area contributed by atoms with Crippen LogP contribution < -0.4 is 10.6 Å². The van der Waals surface area contributed by atoms with Crippen molar-refractivity contribution >= 4 is 33.2 Å². The van der Waals surface area contributed by atoms with E-state index in [9.17, 15) is 4.79 Å². The molecule has 0 saturated carbocycles. The number of carbonyl (C=O) groups excluding carboxylic acids is 1. The van der Waals surface area contributed by atoms with Crippen LogP contribution in [-0.2, 0) is 0 Å². The Labute approximate surface area is 121 Å². The molecule has 0 aliphatic heterocycles. The van der Waals surface area contributed by atoms with E-state index in [1.807, 2.05) is 37.3 Å². The number of para-hydroxylation sites is 1. The first kappa shape index (κ1) is 13.6. The smallest absolute Gasteiger partial charge is 0.258 e. The molecule has 2 aromatic rings. The predicted molar refractivity (Wildman–Crippen MR) is 82.5 cm³/mol.